The van der Waals surface area contributed by atoms with E-state index in [1.165, 1.54) is 0 Å². The van der Waals surface area contributed by atoms with Gasteiger partial charge in [-0.25, -0.2) is 0 Å². The van der Waals surface area contributed by atoms with Crippen LogP contribution in [0.1, 0.15) is 11.3 Å². The van der Waals surface area contributed by atoms with E-state index in [2.05, 4.69) is 9.55 Å². The van der Waals surface area contributed by atoms with E-state index >= 15 is 0 Å². The lowest BCUT2D eigenvalue weighted by Crippen LogP contribution is -2.21. The zero-order valence-electron chi connectivity index (χ0n) is 7.99. The number of hydrogen-bond donors (Lipinski definition) is 1. The minimum atomic E-state index is -0.183. The summed E-state index contributed by atoms with van der Waals surface area (Å²) < 4.78 is 2.05. The van der Waals surface area contributed by atoms with Gasteiger partial charge in [-0.2, -0.15) is 4.98 Å². The number of nitrogens with zero attached hydrogens (tertiary/aromatic N) is 2. The monoisotopic (exact) mass is 212 g/mol. The average Bonchev–Trinajstić information content (AvgIpc) is 2.60. The number of aliphatic hydroxyl groups is 1. The van der Waals surface area contributed by atoms with Crippen molar-refractivity contribution >= 4 is 11.8 Å². The molecule has 0 aromatic carbocycles. The largest absolute Gasteiger partial charge is 0.396 e. The molecule has 1 aliphatic rings. The van der Waals surface area contributed by atoms with Gasteiger partial charge in [0, 0.05) is 36.6 Å². The molecule has 5 heteroatoms. The van der Waals surface area contributed by atoms with Crippen LogP contribution in [0.2, 0.25) is 0 Å². The van der Waals surface area contributed by atoms with Gasteiger partial charge in [-0.3, -0.25) is 4.79 Å². The highest BCUT2D eigenvalue weighted by Gasteiger charge is 2.17. The van der Waals surface area contributed by atoms with Crippen LogP contribution in [0.5, 0.6) is 0 Å². The minimum Gasteiger partial charge on any atom is -0.396 e. The number of hydrogen-bond acceptors (Lipinski definition) is 4. The summed E-state index contributed by atoms with van der Waals surface area (Å²) in [4.78, 5) is 15.5. The van der Waals surface area contributed by atoms with Gasteiger partial charge in [0.2, 0.25) is 0 Å². The van der Waals surface area contributed by atoms with Gasteiger partial charge in [-0.15, -0.1) is 0 Å². The third kappa shape index (κ3) is 1.46. The Bertz CT molecular complexity index is 414. The van der Waals surface area contributed by atoms with Crippen LogP contribution in [-0.4, -0.2) is 27.0 Å². The lowest BCUT2D eigenvalue weighted by atomic mass is 10.2. The zero-order chi connectivity index (χ0) is 10.1. The van der Waals surface area contributed by atoms with E-state index in [-0.39, 0.29) is 12.2 Å². The predicted octanol–water partition coefficient (Wildman–Crippen LogP) is 0.192. The fraction of sp³-hybridized carbons (Fsp3) is 0.556. The lowest BCUT2D eigenvalue weighted by Gasteiger charge is -2.10. The van der Waals surface area contributed by atoms with Crippen molar-refractivity contribution < 1.29 is 5.11 Å². The Morgan fingerprint density at radius 3 is 3.14 bits per heavy atom. The van der Waals surface area contributed by atoms with Crippen molar-refractivity contribution in [3.63, 3.8) is 0 Å². The SMILES string of the molecule is Cc1c(CCO)c(=O)nc2n1CCS2. The first-order valence-electron chi connectivity index (χ1n) is 4.58. The summed E-state index contributed by atoms with van der Waals surface area (Å²) in [5.74, 6) is 0.982. The molecule has 4 nitrogen and oxygen atoms in total. The van der Waals surface area contributed by atoms with Crippen LogP contribution in [0.15, 0.2) is 9.95 Å². The van der Waals surface area contributed by atoms with Gasteiger partial charge in [-0.05, 0) is 6.92 Å². The first-order valence-corrected chi connectivity index (χ1v) is 5.56. The van der Waals surface area contributed by atoms with Crippen molar-refractivity contribution in [1.29, 1.82) is 0 Å². The lowest BCUT2D eigenvalue weighted by molar-refractivity contribution is 0.298. The molecule has 0 spiro atoms. The van der Waals surface area contributed by atoms with Gasteiger partial charge in [0.1, 0.15) is 0 Å². The van der Waals surface area contributed by atoms with Crippen LogP contribution in [0, 0.1) is 6.92 Å². The number of thioether (sulfide) groups is 1. The summed E-state index contributed by atoms with van der Waals surface area (Å²) in [7, 11) is 0. The van der Waals surface area contributed by atoms with Crippen molar-refractivity contribution in [3.8, 4) is 0 Å². The smallest absolute Gasteiger partial charge is 0.277 e. The topological polar surface area (TPSA) is 55.1 Å². The first-order chi connectivity index (χ1) is 6.74. The molecule has 2 rings (SSSR count). The zero-order valence-corrected chi connectivity index (χ0v) is 8.80. The van der Waals surface area contributed by atoms with Crippen LogP contribution in [0.3, 0.4) is 0 Å². The highest BCUT2D eigenvalue weighted by atomic mass is 32.2. The number of aromatic nitrogens is 2. The van der Waals surface area contributed by atoms with Crippen molar-refractivity contribution in [2.45, 2.75) is 25.0 Å². The number of aliphatic hydroxyl groups excluding tert-OH is 1. The minimum absolute atomic E-state index is 0.00422. The molecule has 14 heavy (non-hydrogen) atoms. The number of fused-ring (bicyclic) bond motifs is 1. The fourth-order valence-corrected chi connectivity index (χ4v) is 2.67. The third-order valence-electron chi connectivity index (χ3n) is 2.44. The second-order valence-electron chi connectivity index (χ2n) is 3.24. The maximum absolute atomic E-state index is 11.5. The molecule has 1 aromatic rings. The highest BCUT2D eigenvalue weighted by Crippen LogP contribution is 2.24. The molecule has 0 fully saturated rings. The van der Waals surface area contributed by atoms with Gasteiger partial charge in [0.25, 0.3) is 5.56 Å². The van der Waals surface area contributed by atoms with E-state index in [1.807, 2.05) is 6.92 Å². The van der Waals surface area contributed by atoms with E-state index in [1.54, 1.807) is 11.8 Å². The molecule has 0 atom stereocenters. The molecule has 0 aliphatic carbocycles. The maximum Gasteiger partial charge on any atom is 0.277 e. The Morgan fingerprint density at radius 1 is 1.64 bits per heavy atom. The van der Waals surface area contributed by atoms with Gasteiger partial charge < -0.3 is 9.67 Å². The van der Waals surface area contributed by atoms with E-state index < -0.39 is 0 Å². The molecule has 1 aromatic heterocycles. The van der Waals surface area contributed by atoms with Crippen molar-refractivity contribution in [2.75, 3.05) is 12.4 Å². The van der Waals surface area contributed by atoms with Crippen molar-refractivity contribution in [3.05, 3.63) is 21.6 Å². The third-order valence-corrected chi connectivity index (χ3v) is 3.39. The molecule has 0 amide bonds. The molecule has 0 saturated heterocycles. The Morgan fingerprint density at radius 2 is 2.43 bits per heavy atom. The summed E-state index contributed by atoms with van der Waals surface area (Å²) in [6.45, 7) is 2.84. The van der Waals surface area contributed by atoms with Crippen LogP contribution < -0.4 is 5.56 Å². The van der Waals surface area contributed by atoms with Crippen molar-refractivity contribution in [2.24, 2.45) is 0 Å². The summed E-state index contributed by atoms with van der Waals surface area (Å²) in [6.07, 6.45) is 0.405. The first kappa shape index (κ1) is 9.73. The Labute approximate surface area is 86.0 Å². The molecule has 0 unspecified atom stereocenters. The van der Waals surface area contributed by atoms with Crippen molar-refractivity contribution in [1.82, 2.24) is 9.55 Å². The van der Waals surface area contributed by atoms with Gasteiger partial charge in [-0.1, -0.05) is 11.8 Å². The quantitative estimate of drug-likeness (QED) is 0.711. The average molecular weight is 212 g/mol. The summed E-state index contributed by atoms with van der Waals surface area (Å²) in [5, 5.41) is 9.65. The molecule has 0 saturated carbocycles. The van der Waals surface area contributed by atoms with Crippen LogP contribution >= 0.6 is 11.8 Å². The molecular weight excluding hydrogens is 200 g/mol. The maximum atomic E-state index is 11.5. The van der Waals surface area contributed by atoms with Gasteiger partial charge >= 0.3 is 0 Å². The number of rotatable bonds is 2. The molecular formula is C9H12N2O2S. The predicted molar refractivity (Wildman–Crippen MR) is 54.7 cm³/mol. The van der Waals surface area contributed by atoms with E-state index in [0.717, 1.165) is 23.1 Å². The Hall–Kier alpha value is -0.810. The van der Waals surface area contributed by atoms with E-state index in [4.69, 9.17) is 5.11 Å². The summed E-state index contributed by atoms with van der Waals surface area (Å²) >= 11 is 1.61. The van der Waals surface area contributed by atoms with Crippen LogP contribution in [0.25, 0.3) is 0 Å². The molecule has 2 heterocycles. The summed E-state index contributed by atoms with van der Waals surface area (Å²) in [5.41, 5.74) is 1.43. The Balaban J connectivity index is 2.57. The van der Waals surface area contributed by atoms with E-state index in [9.17, 15) is 4.79 Å². The highest BCUT2D eigenvalue weighted by molar-refractivity contribution is 7.99. The normalized spacial score (nSPS) is 14.4. The molecule has 0 bridgehead atoms. The van der Waals surface area contributed by atoms with Gasteiger partial charge in [0.05, 0.1) is 0 Å². The fourth-order valence-electron chi connectivity index (χ4n) is 1.68. The van der Waals surface area contributed by atoms with Crippen LogP contribution in [0.4, 0.5) is 0 Å². The second kappa shape index (κ2) is 3.74. The second-order valence-corrected chi connectivity index (χ2v) is 4.30. The van der Waals surface area contributed by atoms with E-state index in [0.29, 0.717) is 12.0 Å². The summed E-state index contributed by atoms with van der Waals surface area (Å²) in [6, 6.07) is 0. The Kier molecular flexibility index (Phi) is 2.60. The molecule has 76 valence electrons. The molecule has 1 N–H and O–H groups in total. The molecule has 1 aliphatic heterocycles. The molecule has 0 radical (unpaired) electrons. The van der Waals surface area contributed by atoms with Crippen LogP contribution in [-0.2, 0) is 13.0 Å². The standard InChI is InChI=1S/C9H12N2O2S/c1-6-7(2-4-12)8(13)10-9-11(6)3-5-14-9/h12H,2-5H2,1H3. The van der Waals surface area contributed by atoms with Gasteiger partial charge in [0.15, 0.2) is 5.16 Å².